The lowest BCUT2D eigenvalue weighted by atomic mass is 10.2. The maximum Gasteiger partial charge on any atom is 0.276 e. The molecule has 0 bridgehead atoms. The molecule has 38 heavy (non-hydrogen) atoms. The van der Waals surface area contributed by atoms with Crippen LogP contribution in [0.1, 0.15) is 10.5 Å². The van der Waals surface area contributed by atoms with Gasteiger partial charge in [0.25, 0.3) is 11.6 Å². The number of tetrazole rings is 1. The molecule has 0 saturated carbocycles. The first-order valence-electron chi connectivity index (χ1n) is 11.3. The Labute approximate surface area is 215 Å². The van der Waals surface area contributed by atoms with Gasteiger partial charge < -0.3 is 14.8 Å². The van der Waals surface area contributed by atoms with E-state index in [1.54, 1.807) is 30.5 Å². The number of hydrogen-bond donors (Lipinski definition) is 1. The lowest BCUT2D eigenvalue weighted by Crippen LogP contribution is -2.16. The van der Waals surface area contributed by atoms with Crippen molar-refractivity contribution in [3.05, 3.63) is 101 Å². The number of aromatic nitrogens is 6. The Bertz CT molecular complexity index is 1600. The number of para-hydroxylation sites is 2. The number of carbonyl (C=O) groups excluding carboxylic acids is 1. The molecule has 5 rings (SSSR count). The summed E-state index contributed by atoms with van der Waals surface area (Å²) in [5.41, 5.74) is 0.816. The monoisotopic (exact) mass is 512 g/mol. The average Bonchev–Trinajstić information content (AvgIpc) is 3.60. The van der Waals surface area contributed by atoms with Crippen molar-refractivity contribution < 1.29 is 19.2 Å². The second-order valence-corrected chi connectivity index (χ2v) is 7.91. The lowest BCUT2D eigenvalue weighted by Gasteiger charge is -2.11. The molecule has 0 aliphatic heterocycles. The smallest absolute Gasteiger partial charge is 0.276 e. The van der Waals surface area contributed by atoms with Crippen LogP contribution >= 0.6 is 0 Å². The van der Waals surface area contributed by atoms with Crippen LogP contribution in [0.25, 0.3) is 11.4 Å². The Morgan fingerprint density at radius 3 is 2.53 bits per heavy atom. The Balaban J connectivity index is 1.30. The summed E-state index contributed by atoms with van der Waals surface area (Å²) < 4.78 is 12.5. The van der Waals surface area contributed by atoms with Crippen molar-refractivity contribution in [2.45, 2.75) is 6.67 Å². The number of nitrogens with zero attached hydrogens (tertiary/aromatic N) is 7. The second-order valence-electron chi connectivity index (χ2n) is 7.91. The van der Waals surface area contributed by atoms with Gasteiger partial charge in [-0.05, 0) is 23.4 Å². The first-order chi connectivity index (χ1) is 18.5. The van der Waals surface area contributed by atoms with E-state index in [2.05, 4.69) is 25.8 Å². The zero-order chi connectivity index (χ0) is 26.5. The molecule has 1 amide bonds. The molecular weight excluding hydrogens is 492 g/mol. The number of carbonyl (C=O) groups is 1. The number of methoxy groups -OCH3 is 1. The zero-order valence-corrected chi connectivity index (χ0v) is 20.0. The minimum atomic E-state index is -0.575. The topological polar surface area (TPSA) is 152 Å². The third-order valence-corrected chi connectivity index (χ3v) is 5.29. The standard InChI is InChI=1S/C25H20N8O5/c1-37-22-9-5-6-10-23(22)38-20-14-18(13-19(15-20)33(35)36)26-25(34)21-11-12-31(28-21)16-32-29-24(27-30-32)17-7-3-2-4-8-17/h2-15H,16H2,1H3,(H,26,34). The summed E-state index contributed by atoms with van der Waals surface area (Å²) in [7, 11) is 1.49. The molecule has 5 aromatic rings. The molecule has 0 saturated heterocycles. The van der Waals surface area contributed by atoms with E-state index < -0.39 is 10.8 Å². The Kier molecular flexibility index (Phi) is 6.71. The Hall–Kier alpha value is -5.59. The minimum absolute atomic E-state index is 0.0899. The summed E-state index contributed by atoms with van der Waals surface area (Å²) in [6, 6.07) is 21.7. The van der Waals surface area contributed by atoms with E-state index in [9.17, 15) is 14.9 Å². The summed E-state index contributed by atoms with van der Waals surface area (Å²) in [4.78, 5) is 25.1. The van der Waals surface area contributed by atoms with Crippen LogP contribution in [0.4, 0.5) is 11.4 Å². The van der Waals surface area contributed by atoms with Crippen molar-refractivity contribution in [2.75, 3.05) is 12.4 Å². The first kappa shape index (κ1) is 24.1. The summed E-state index contributed by atoms with van der Waals surface area (Å²) in [5.74, 6) is 0.865. The highest BCUT2D eigenvalue weighted by molar-refractivity contribution is 6.03. The van der Waals surface area contributed by atoms with Gasteiger partial charge in [-0.25, -0.2) is 4.68 Å². The normalized spacial score (nSPS) is 10.7. The van der Waals surface area contributed by atoms with Gasteiger partial charge in [-0.3, -0.25) is 14.9 Å². The predicted molar refractivity (Wildman–Crippen MR) is 135 cm³/mol. The molecule has 1 N–H and O–H groups in total. The molecule has 0 aliphatic carbocycles. The number of amides is 1. The maximum absolute atomic E-state index is 12.9. The lowest BCUT2D eigenvalue weighted by molar-refractivity contribution is -0.384. The van der Waals surface area contributed by atoms with E-state index in [1.165, 1.54) is 40.9 Å². The number of anilines is 1. The molecule has 0 atom stereocenters. The molecule has 2 aromatic heterocycles. The van der Waals surface area contributed by atoms with Gasteiger partial charge in [0.15, 0.2) is 23.9 Å². The average molecular weight is 512 g/mol. The molecule has 0 radical (unpaired) electrons. The summed E-state index contributed by atoms with van der Waals surface area (Å²) >= 11 is 0. The van der Waals surface area contributed by atoms with Gasteiger partial charge in [0.2, 0.25) is 5.82 Å². The van der Waals surface area contributed by atoms with Gasteiger partial charge in [0.1, 0.15) is 5.75 Å². The van der Waals surface area contributed by atoms with Crippen molar-refractivity contribution in [3.8, 4) is 28.6 Å². The van der Waals surface area contributed by atoms with Crippen molar-refractivity contribution in [1.29, 1.82) is 0 Å². The van der Waals surface area contributed by atoms with Crippen molar-refractivity contribution in [1.82, 2.24) is 30.0 Å². The van der Waals surface area contributed by atoms with Gasteiger partial charge in [-0.1, -0.05) is 42.5 Å². The highest BCUT2D eigenvalue weighted by Gasteiger charge is 2.17. The number of non-ortho nitro benzene ring substituents is 1. The number of hydrogen-bond acceptors (Lipinski definition) is 9. The largest absolute Gasteiger partial charge is 0.493 e. The van der Waals surface area contributed by atoms with E-state index in [-0.39, 0.29) is 29.5 Å². The molecule has 3 aromatic carbocycles. The SMILES string of the molecule is COc1ccccc1Oc1cc(NC(=O)c2ccn(Cn3nnc(-c4ccccc4)n3)n2)cc([N+](=O)[O-])c1. The third-order valence-electron chi connectivity index (χ3n) is 5.29. The van der Waals surface area contributed by atoms with Crippen LogP contribution < -0.4 is 14.8 Å². The minimum Gasteiger partial charge on any atom is -0.493 e. The van der Waals surface area contributed by atoms with E-state index >= 15 is 0 Å². The van der Waals surface area contributed by atoms with Gasteiger partial charge >= 0.3 is 0 Å². The Morgan fingerprint density at radius 2 is 1.76 bits per heavy atom. The molecule has 0 fully saturated rings. The number of nitro benzene ring substituents is 1. The number of rotatable bonds is 9. The molecule has 2 heterocycles. The predicted octanol–water partition coefficient (Wildman–Crippen LogP) is 4.00. The fraction of sp³-hybridized carbons (Fsp3) is 0.0800. The molecule has 0 aliphatic rings. The van der Waals surface area contributed by atoms with Gasteiger partial charge in [0.05, 0.1) is 23.8 Å². The molecular formula is C25H20N8O5. The van der Waals surface area contributed by atoms with E-state index in [0.29, 0.717) is 17.3 Å². The number of nitro groups is 1. The van der Waals surface area contributed by atoms with E-state index in [1.807, 2.05) is 30.3 Å². The van der Waals surface area contributed by atoms with Gasteiger partial charge in [0, 0.05) is 23.9 Å². The van der Waals surface area contributed by atoms with Crippen molar-refractivity contribution in [2.24, 2.45) is 0 Å². The van der Waals surface area contributed by atoms with Gasteiger partial charge in [-0.15, -0.1) is 15.0 Å². The molecule has 0 spiro atoms. The third kappa shape index (κ3) is 5.46. The van der Waals surface area contributed by atoms with Crippen LogP contribution in [-0.2, 0) is 6.67 Å². The number of benzene rings is 3. The van der Waals surface area contributed by atoms with Crippen LogP contribution in [0, 0.1) is 10.1 Å². The fourth-order valence-corrected chi connectivity index (χ4v) is 3.54. The van der Waals surface area contributed by atoms with E-state index in [4.69, 9.17) is 9.47 Å². The van der Waals surface area contributed by atoms with Crippen LogP contribution in [0.2, 0.25) is 0 Å². The van der Waals surface area contributed by atoms with Crippen LogP contribution in [0.3, 0.4) is 0 Å². The van der Waals surface area contributed by atoms with Gasteiger partial charge in [-0.2, -0.15) is 5.10 Å². The first-order valence-corrected chi connectivity index (χ1v) is 11.3. The van der Waals surface area contributed by atoms with Crippen LogP contribution in [-0.4, -0.2) is 47.9 Å². The Morgan fingerprint density at radius 1 is 1.00 bits per heavy atom. The molecule has 13 heteroatoms. The quantitative estimate of drug-likeness (QED) is 0.228. The van der Waals surface area contributed by atoms with Crippen molar-refractivity contribution in [3.63, 3.8) is 0 Å². The highest BCUT2D eigenvalue weighted by atomic mass is 16.6. The molecule has 0 unspecified atom stereocenters. The van der Waals surface area contributed by atoms with Crippen molar-refractivity contribution >= 4 is 17.3 Å². The number of ether oxygens (including phenoxy) is 2. The maximum atomic E-state index is 12.9. The second kappa shape index (κ2) is 10.6. The summed E-state index contributed by atoms with van der Waals surface area (Å²) in [6.45, 7) is 0.126. The fourth-order valence-electron chi connectivity index (χ4n) is 3.54. The summed E-state index contributed by atoms with van der Waals surface area (Å²) in [5, 5.41) is 30.7. The van der Waals surface area contributed by atoms with Crippen LogP contribution in [0.15, 0.2) is 85.1 Å². The highest BCUT2D eigenvalue weighted by Crippen LogP contribution is 2.34. The van der Waals surface area contributed by atoms with E-state index in [0.717, 1.165) is 5.56 Å². The molecule has 190 valence electrons. The summed E-state index contributed by atoms with van der Waals surface area (Å²) in [6.07, 6.45) is 1.59. The zero-order valence-electron chi connectivity index (χ0n) is 20.0. The molecule has 13 nitrogen and oxygen atoms in total. The number of nitrogens with one attached hydrogen (secondary N) is 1. The van der Waals surface area contributed by atoms with Crippen LogP contribution in [0.5, 0.6) is 17.2 Å².